The molecule has 5 rings (SSSR count). The van der Waals surface area contributed by atoms with Gasteiger partial charge in [0.25, 0.3) is 5.91 Å². The number of nitrogens with zero attached hydrogens (tertiary/aromatic N) is 6. The SMILES string of the molecule is C=CC(=O)N(C)c1ccc(C(=O)N2CCC(Nc3nc4ccc(-c5cn[nH]c5)c(C(C)C)n4n3)C2)cc1. The van der Waals surface area contributed by atoms with E-state index in [2.05, 4.69) is 42.0 Å². The normalized spacial score (nSPS) is 15.4. The molecule has 0 bridgehead atoms. The van der Waals surface area contributed by atoms with E-state index in [0.29, 0.717) is 30.3 Å². The zero-order valence-corrected chi connectivity index (χ0v) is 21.2. The van der Waals surface area contributed by atoms with Crippen LogP contribution in [0.3, 0.4) is 0 Å². The first kappa shape index (κ1) is 24.2. The molecule has 1 saturated heterocycles. The number of carbonyl (C=O) groups excluding carboxylic acids is 2. The first-order valence-electron chi connectivity index (χ1n) is 12.3. The highest BCUT2D eigenvalue weighted by molar-refractivity contribution is 6.01. The molecule has 4 heterocycles. The molecular formula is C27H30N8O2. The van der Waals surface area contributed by atoms with Crippen LogP contribution in [0.25, 0.3) is 16.8 Å². The maximum atomic E-state index is 13.1. The summed E-state index contributed by atoms with van der Waals surface area (Å²) < 4.78 is 1.89. The van der Waals surface area contributed by atoms with E-state index in [1.165, 1.54) is 11.0 Å². The van der Waals surface area contributed by atoms with Gasteiger partial charge in [0.05, 0.1) is 11.9 Å². The van der Waals surface area contributed by atoms with Gasteiger partial charge >= 0.3 is 0 Å². The minimum atomic E-state index is -0.202. The average Bonchev–Trinajstić information content (AvgIpc) is 3.68. The van der Waals surface area contributed by atoms with Crippen LogP contribution < -0.4 is 10.2 Å². The summed E-state index contributed by atoms with van der Waals surface area (Å²) in [6.07, 6.45) is 5.74. The third kappa shape index (κ3) is 4.69. The topological polar surface area (TPSA) is 112 Å². The van der Waals surface area contributed by atoms with Gasteiger partial charge in [0.1, 0.15) is 0 Å². The molecule has 1 aliphatic rings. The largest absolute Gasteiger partial charge is 0.348 e. The molecule has 1 fully saturated rings. The number of hydrogen-bond donors (Lipinski definition) is 2. The van der Waals surface area contributed by atoms with Crippen molar-refractivity contribution in [3.63, 3.8) is 0 Å². The van der Waals surface area contributed by atoms with E-state index in [0.717, 1.165) is 28.9 Å². The van der Waals surface area contributed by atoms with Crippen molar-refractivity contribution >= 4 is 29.1 Å². The van der Waals surface area contributed by atoms with Gasteiger partial charge in [-0.3, -0.25) is 14.7 Å². The molecule has 2 amide bonds. The Kier molecular flexibility index (Phi) is 6.47. The second kappa shape index (κ2) is 9.88. The number of anilines is 2. The number of amides is 2. The summed E-state index contributed by atoms with van der Waals surface area (Å²) in [5.74, 6) is 0.531. The third-order valence-electron chi connectivity index (χ3n) is 6.71. The number of hydrogen-bond acceptors (Lipinski definition) is 6. The molecule has 37 heavy (non-hydrogen) atoms. The Hall–Kier alpha value is -4.47. The van der Waals surface area contributed by atoms with E-state index < -0.39 is 0 Å². The second-order valence-electron chi connectivity index (χ2n) is 9.51. The van der Waals surface area contributed by atoms with E-state index in [9.17, 15) is 9.59 Å². The van der Waals surface area contributed by atoms with Crippen LogP contribution in [0.1, 0.15) is 42.2 Å². The Balaban J connectivity index is 1.29. The summed E-state index contributed by atoms with van der Waals surface area (Å²) in [6, 6.07) is 11.1. The first-order chi connectivity index (χ1) is 17.9. The summed E-state index contributed by atoms with van der Waals surface area (Å²) >= 11 is 0. The second-order valence-corrected chi connectivity index (χ2v) is 9.51. The fourth-order valence-electron chi connectivity index (χ4n) is 4.75. The molecule has 190 valence electrons. The maximum absolute atomic E-state index is 13.1. The molecular weight excluding hydrogens is 468 g/mol. The summed E-state index contributed by atoms with van der Waals surface area (Å²) in [4.78, 5) is 32.9. The zero-order chi connectivity index (χ0) is 26.1. The molecule has 4 aromatic rings. The van der Waals surface area contributed by atoms with Crippen LogP contribution in [0, 0.1) is 0 Å². The molecule has 10 nitrogen and oxygen atoms in total. The summed E-state index contributed by atoms with van der Waals surface area (Å²) in [6.45, 7) is 8.98. The molecule has 0 aliphatic carbocycles. The lowest BCUT2D eigenvalue weighted by Gasteiger charge is -2.18. The molecule has 10 heteroatoms. The van der Waals surface area contributed by atoms with Crippen LogP contribution in [0.15, 0.2) is 61.4 Å². The highest BCUT2D eigenvalue weighted by Gasteiger charge is 2.28. The van der Waals surface area contributed by atoms with E-state index in [-0.39, 0.29) is 23.8 Å². The number of likely N-dealkylation sites (tertiary alicyclic amines) is 1. The molecule has 1 aromatic carbocycles. The molecule has 2 N–H and O–H groups in total. The van der Waals surface area contributed by atoms with Gasteiger partial charge < -0.3 is 15.1 Å². The number of rotatable bonds is 7. The Labute approximate surface area is 215 Å². The minimum absolute atomic E-state index is 0.0386. The number of nitrogens with one attached hydrogen (secondary N) is 2. The number of pyridine rings is 1. The minimum Gasteiger partial charge on any atom is -0.348 e. The summed E-state index contributed by atoms with van der Waals surface area (Å²) in [5, 5.41) is 15.1. The lowest BCUT2D eigenvalue weighted by Crippen LogP contribution is -2.31. The quantitative estimate of drug-likeness (QED) is 0.376. The Morgan fingerprint density at radius 2 is 2.00 bits per heavy atom. The number of H-pyrrole nitrogens is 1. The van der Waals surface area contributed by atoms with Crippen LogP contribution in [-0.2, 0) is 4.79 Å². The van der Waals surface area contributed by atoms with Gasteiger partial charge in [0, 0.05) is 54.8 Å². The Bertz CT molecular complexity index is 1440. The van der Waals surface area contributed by atoms with Gasteiger partial charge in [0.2, 0.25) is 11.9 Å². The van der Waals surface area contributed by atoms with E-state index >= 15 is 0 Å². The molecule has 1 atom stereocenters. The van der Waals surface area contributed by atoms with Crippen molar-refractivity contribution < 1.29 is 9.59 Å². The average molecular weight is 499 g/mol. The van der Waals surface area contributed by atoms with Crippen molar-refractivity contribution in [3.05, 3.63) is 72.7 Å². The number of fused-ring (bicyclic) bond motifs is 1. The first-order valence-corrected chi connectivity index (χ1v) is 12.3. The van der Waals surface area contributed by atoms with Crippen molar-refractivity contribution in [2.45, 2.75) is 32.2 Å². The molecule has 3 aromatic heterocycles. The predicted octanol–water partition coefficient (Wildman–Crippen LogP) is 3.72. The fourth-order valence-corrected chi connectivity index (χ4v) is 4.75. The van der Waals surface area contributed by atoms with E-state index in [1.54, 1.807) is 37.5 Å². The molecule has 0 radical (unpaired) electrons. The van der Waals surface area contributed by atoms with Gasteiger partial charge in [-0.15, -0.1) is 5.10 Å². The van der Waals surface area contributed by atoms with Crippen LogP contribution in [0.5, 0.6) is 0 Å². The highest BCUT2D eigenvalue weighted by atomic mass is 16.2. The Morgan fingerprint density at radius 1 is 1.22 bits per heavy atom. The number of aromatic amines is 1. The molecule has 0 spiro atoms. The van der Waals surface area contributed by atoms with Crippen molar-refractivity contribution in [1.29, 1.82) is 0 Å². The van der Waals surface area contributed by atoms with Crippen molar-refractivity contribution in [2.75, 3.05) is 30.4 Å². The van der Waals surface area contributed by atoms with Crippen LogP contribution >= 0.6 is 0 Å². The molecule has 1 unspecified atom stereocenters. The lowest BCUT2D eigenvalue weighted by molar-refractivity contribution is -0.113. The summed E-state index contributed by atoms with van der Waals surface area (Å²) in [7, 11) is 1.67. The van der Waals surface area contributed by atoms with Gasteiger partial charge in [-0.1, -0.05) is 20.4 Å². The van der Waals surface area contributed by atoms with E-state index in [4.69, 9.17) is 10.1 Å². The fraction of sp³-hybridized carbons (Fsp3) is 0.296. The van der Waals surface area contributed by atoms with Crippen molar-refractivity contribution in [2.24, 2.45) is 0 Å². The number of aromatic nitrogens is 5. The number of benzene rings is 1. The van der Waals surface area contributed by atoms with Gasteiger partial charge in [-0.05, 0) is 54.8 Å². The predicted molar refractivity (Wildman–Crippen MR) is 143 cm³/mol. The Morgan fingerprint density at radius 3 is 2.68 bits per heavy atom. The van der Waals surface area contributed by atoms with Crippen LogP contribution in [0.4, 0.5) is 11.6 Å². The maximum Gasteiger partial charge on any atom is 0.253 e. The van der Waals surface area contributed by atoms with Gasteiger partial charge in [-0.2, -0.15) is 10.1 Å². The standard InChI is InChI=1S/C27H30N8O2/c1-5-24(36)33(4)21-8-6-18(7-9-21)26(37)34-13-12-20(16-34)30-27-31-23-11-10-22(19-14-28-29-15-19)25(17(2)3)35(23)32-27/h5-11,14-15,17,20H,1,12-13,16H2,2-4H3,(H,28,29)(H,30,32). The number of likely N-dealkylation sites (N-methyl/N-ethyl adjacent to an activating group) is 1. The third-order valence-corrected chi connectivity index (χ3v) is 6.71. The molecule has 1 aliphatic heterocycles. The highest BCUT2D eigenvalue weighted by Crippen LogP contribution is 2.30. The van der Waals surface area contributed by atoms with Crippen molar-refractivity contribution in [3.8, 4) is 11.1 Å². The number of carbonyl (C=O) groups is 2. The molecule has 0 saturated carbocycles. The van der Waals surface area contributed by atoms with Gasteiger partial charge in [-0.25, -0.2) is 4.52 Å². The van der Waals surface area contributed by atoms with Crippen LogP contribution in [-0.4, -0.2) is 67.7 Å². The summed E-state index contributed by atoms with van der Waals surface area (Å²) in [5.41, 5.74) is 5.19. The lowest BCUT2D eigenvalue weighted by atomic mass is 10.00. The van der Waals surface area contributed by atoms with E-state index in [1.807, 2.05) is 21.7 Å². The van der Waals surface area contributed by atoms with Crippen molar-refractivity contribution in [1.82, 2.24) is 29.7 Å². The van der Waals surface area contributed by atoms with Crippen LogP contribution in [0.2, 0.25) is 0 Å². The zero-order valence-electron chi connectivity index (χ0n) is 21.2. The monoisotopic (exact) mass is 498 g/mol. The van der Waals surface area contributed by atoms with Gasteiger partial charge in [0.15, 0.2) is 5.65 Å². The smallest absolute Gasteiger partial charge is 0.253 e.